The topological polar surface area (TPSA) is 84.1 Å². The molecule has 154 valence electrons. The van der Waals surface area contributed by atoms with Crippen LogP contribution < -0.4 is 15.6 Å². The molecule has 2 heterocycles. The Labute approximate surface area is 186 Å². The number of amides is 1. The first-order valence-corrected chi connectivity index (χ1v) is 11.2. The number of fused-ring (bicyclic) bond motifs is 1. The second kappa shape index (κ2) is 8.65. The van der Waals surface area contributed by atoms with Crippen molar-refractivity contribution in [3.8, 4) is 5.75 Å². The molecule has 4 rings (SSSR count). The number of carbonyl (C=O) groups is 1. The van der Waals surface area contributed by atoms with Crippen LogP contribution in [-0.4, -0.2) is 23.0 Å². The van der Waals surface area contributed by atoms with Gasteiger partial charge in [-0.1, -0.05) is 42.1 Å². The maximum absolute atomic E-state index is 13.0. The van der Waals surface area contributed by atoms with Gasteiger partial charge in [0.25, 0.3) is 5.56 Å². The normalized spacial score (nSPS) is 15.4. The molecule has 0 unspecified atom stereocenters. The van der Waals surface area contributed by atoms with Gasteiger partial charge in [0.1, 0.15) is 11.6 Å². The number of aromatic amines is 1. The molecular weight excluding hydrogens is 466 g/mol. The second-order valence-electron chi connectivity index (χ2n) is 7.05. The minimum absolute atomic E-state index is 0.160. The van der Waals surface area contributed by atoms with E-state index in [-0.39, 0.29) is 23.8 Å². The Hall–Kier alpha value is -2.58. The summed E-state index contributed by atoms with van der Waals surface area (Å²) in [6, 6.07) is 13.7. The third kappa shape index (κ3) is 4.15. The van der Waals surface area contributed by atoms with E-state index in [2.05, 4.69) is 50.3 Å². The summed E-state index contributed by atoms with van der Waals surface area (Å²) in [7, 11) is 1.59. The Morgan fingerprint density at radius 2 is 2.03 bits per heavy atom. The monoisotopic (exact) mass is 485 g/mol. The van der Waals surface area contributed by atoms with Gasteiger partial charge in [0.15, 0.2) is 5.16 Å². The van der Waals surface area contributed by atoms with Crippen molar-refractivity contribution in [3.63, 3.8) is 0 Å². The number of aryl methyl sites for hydroxylation is 1. The van der Waals surface area contributed by atoms with Crippen LogP contribution in [0, 0.1) is 6.92 Å². The van der Waals surface area contributed by atoms with E-state index in [9.17, 15) is 9.59 Å². The number of H-pyrrole nitrogens is 1. The smallest absolute Gasteiger partial charge is 0.257 e. The molecule has 0 bridgehead atoms. The average molecular weight is 486 g/mol. The maximum atomic E-state index is 13.0. The van der Waals surface area contributed by atoms with Crippen LogP contribution >= 0.6 is 27.7 Å². The van der Waals surface area contributed by atoms with Gasteiger partial charge in [0, 0.05) is 18.1 Å². The molecule has 1 aromatic heterocycles. The van der Waals surface area contributed by atoms with Gasteiger partial charge in [-0.3, -0.25) is 9.59 Å². The number of nitrogens with one attached hydrogen (secondary N) is 2. The summed E-state index contributed by atoms with van der Waals surface area (Å²) in [5, 5.41) is 3.25. The summed E-state index contributed by atoms with van der Waals surface area (Å²) in [6.07, 6.45) is 0.187. The highest BCUT2D eigenvalue weighted by Gasteiger charge is 2.31. The standard InChI is InChI=1S/C22H20BrN3O3S/c1-12-5-3-4-6-14(12)11-30-22-25-20-19(21(28)26-22)15(10-18(27)24-20)13-7-8-17(29-2)16(23)9-13/h3-9,15H,10-11H2,1-2H3,(H2,24,25,26,27,28)/t15-/m1/s1. The first-order chi connectivity index (χ1) is 14.5. The van der Waals surface area contributed by atoms with E-state index in [1.807, 2.05) is 30.3 Å². The Morgan fingerprint density at radius 1 is 1.23 bits per heavy atom. The molecule has 0 fully saturated rings. The Kier molecular flexibility index (Phi) is 5.97. The van der Waals surface area contributed by atoms with Crippen LogP contribution in [0.4, 0.5) is 5.82 Å². The Balaban J connectivity index is 1.67. The predicted octanol–water partition coefficient (Wildman–Crippen LogP) is 4.62. The van der Waals surface area contributed by atoms with Crippen molar-refractivity contribution in [2.24, 2.45) is 0 Å². The quantitative estimate of drug-likeness (QED) is 0.406. The van der Waals surface area contributed by atoms with E-state index >= 15 is 0 Å². The number of hydrogen-bond acceptors (Lipinski definition) is 5. The minimum atomic E-state index is -0.373. The van der Waals surface area contributed by atoms with E-state index < -0.39 is 0 Å². The van der Waals surface area contributed by atoms with Crippen molar-refractivity contribution < 1.29 is 9.53 Å². The number of hydrogen-bond donors (Lipinski definition) is 2. The molecule has 1 amide bonds. The van der Waals surface area contributed by atoms with Crippen molar-refractivity contribution >= 4 is 39.4 Å². The van der Waals surface area contributed by atoms with Gasteiger partial charge < -0.3 is 15.0 Å². The number of halogens is 1. The Bertz CT molecular complexity index is 1180. The van der Waals surface area contributed by atoms with Crippen molar-refractivity contribution in [2.45, 2.75) is 30.2 Å². The van der Waals surface area contributed by atoms with Crippen LogP contribution in [0.2, 0.25) is 0 Å². The van der Waals surface area contributed by atoms with E-state index in [1.54, 1.807) is 7.11 Å². The van der Waals surface area contributed by atoms with Gasteiger partial charge in [-0.25, -0.2) is 4.98 Å². The first-order valence-electron chi connectivity index (χ1n) is 9.41. The summed E-state index contributed by atoms with van der Waals surface area (Å²) in [5.41, 5.74) is 3.46. The molecule has 6 nitrogen and oxygen atoms in total. The number of anilines is 1. The lowest BCUT2D eigenvalue weighted by Crippen LogP contribution is -2.31. The molecule has 0 saturated carbocycles. The maximum Gasteiger partial charge on any atom is 0.257 e. The summed E-state index contributed by atoms with van der Waals surface area (Å²) < 4.78 is 6.05. The highest BCUT2D eigenvalue weighted by atomic mass is 79.9. The average Bonchev–Trinajstić information content (AvgIpc) is 2.72. The van der Waals surface area contributed by atoms with E-state index in [4.69, 9.17) is 4.74 Å². The van der Waals surface area contributed by atoms with Crippen molar-refractivity contribution in [1.82, 2.24) is 9.97 Å². The lowest BCUT2D eigenvalue weighted by Gasteiger charge is -2.25. The molecule has 0 aliphatic carbocycles. The fourth-order valence-corrected chi connectivity index (χ4v) is 5.02. The van der Waals surface area contributed by atoms with Gasteiger partial charge in [0.2, 0.25) is 5.91 Å². The number of benzene rings is 2. The van der Waals surface area contributed by atoms with Crippen molar-refractivity contribution in [2.75, 3.05) is 12.4 Å². The number of rotatable bonds is 5. The van der Waals surface area contributed by atoms with Crippen LogP contribution in [0.5, 0.6) is 5.75 Å². The zero-order chi connectivity index (χ0) is 21.3. The van der Waals surface area contributed by atoms with Crippen LogP contribution in [0.15, 0.2) is 56.9 Å². The summed E-state index contributed by atoms with van der Waals surface area (Å²) in [6.45, 7) is 2.05. The van der Waals surface area contributed by atoms with Crippen molar-refractivity contribution in [1.29, 1.82) is 0 Å². The van der Waals surface area contributed by atoms with Gasteiger partial charge in [-0.05, 0) is 51.7 Å². The zero-order valence-corrected chi connectivity index (χ0v) is 18.9. The zero-order valence-electron chi connectivity index (χ0n) is 16.5. The number of carbonyl (C=O) groups excluding carboxylic acids is 1. The second-order valence-corrected chi connectivity index (χ2v) is 8.87. The van der Waals surface area contributed by atoms with Crippen molar-refractivity contribution in [3.05, 3.63) is 79.5 Å². The predicted molar refractivity (Wildman–Crippen MR) is 121 cm³/mol. The molecule has 2 N–H and O–H groups in total. The fraction of sp³-hybridized carbons (Fsp3) is 0.227. The molecule has 0 saturated heterocycles. The number of methoxy groups -OCH3 is 1. The number of thioether (sulfide) groups is 1. The molecule has 2 aromatic carbocycles. The van der Waals surface area contributed by atoms with E-state index in [0.717, 1.165) is 10.0 Å². The lowest BCUT2D eigenvalue weighted by atomic mass is 9.87. The molecular formula is C22H20BrN3O3S. The number of aromatic nitrogens is 2. The first kappa shape index (κ1) is 20.7. The van der Waals surface area contributed by atoms with Crippen LogP contribution in [0.1, 0.15) is 34.6 Å². The molecule has 1 aliphatic heterocycles. The van der Waals surface area contributed by atoms with Crippen LogP contribution in [0.3, 0.4) is 0 Å². The molecule has 30 heavy (non-hydrogen) atoms. The molecule has 1 atom stereocenters. The highest BCUT2D eigenvalue weighted by Crippen LogP contribution is 2.37. The van der Waals surface area contributed by atoms with E-state index in [0.29, 0.717) is 28.0 Å². The van der Waals surface area contributed by atoms with Gasteiger partial charge >= 0.3 is 0 Å². The number of nitrogens with zero attached hydrogens (tertiary/aromatic N) is 1. The Morgan fingerprint density at radius 3 is 2.77 bits per heavy atom. The SMILES string of the molecule is COc1ccc([C@H]2CC(=O)Nc3nc(SCc4ccccc4C)[nH]c(=O)c32)cc1Br. The molecule has 8 heteroatoms. The summed E-state index contributed by atoms with van der Waals surface area (Å²) >= 11 is 4.92. The van der Waals surface area contributed by atoms with Crippen LogP contribution in [-0.2, 0) is 10.5 Å². The molecule has 0 spiro atoms. The minimum Gasteiger partial charge on any atom is -0.496 e. The van der Waals surface area contributed by atoms with Gasteiger partial charge in [0.05, 0.1) is 17.1 Å². The molecule has 1 aliphatic rings. The highest BCUT2D eigenvalue weighted by molar-refractivity contribution is 9.10. The third-order valence-electron chi connectivity index (χ3n) is 5.13. The fourth-order valence-electron chi connectivity index (χ4n) is 3.52. The van der Waals surface area contributed by atoms with Crippen LogP contribution in [0.25, 0.3) is 0 Å². The third-order valence-corrected chi connectivity index (χ3v) is 6.68. The number of ether oxygens (including phenoxy) is 1. The summed E-state index contributed by atoms with van der Waals surface area (Å²) in [5.74, 6) is 1.17. The van der Waals surface area contributed by atoms with Gasteiger partial charge in [-0.15, -0.1) is 0 Å². The molecule has 3 aromatic rings. The van der Waals surface area contributed by atoms with E-state index in [1.165, 1.54) is 22.9 Å². The largest absolute Gasteiger partial charge is 0.496 e. The lowest BCUT2D eigenvalue weighted by molar-refractivity contribution is -0.116. The van der Waals surface area contributed by atoms with Gasteiger partial charge in [-0.2, -0.15) is 0 Å². The summed E-state index contributed by atoms with van der Waals surface area (Å²) in [4.78, 5) is 32.7. The molecule has 0 radical (unpaired) electrons.